The van der Waals surface area contributed by atoms with Gasteiger partial charge in [-0.05, 0) is 143 Å². The van der Waals surface area contributed by atoms with Gasteiger partial charge in [-0.3, -0.25) is 0 Å². The topological polar surface area (TPSA) is 16.4 Å². The lowest BCUT2D eigenvalue weighted by atomic mass is 9.64. The fraction of sp³-hybridized carbons (Fsp3) is 0. The van der Waals surface area contributed by atoms with E-state index >= 15 is 0 Å². The van der Waals surface area contributed by atoms with E-state index in [1.54, 1.807) is 0 Å². The Labute approximate surface area is 376 Å². The zero-order valence-corrected chi connectivity index (χ0v) is 34.7. The highest BCUT2D eigenvalue weighted by molar-refractivity contribution is 6.63. The van der Waals surface area contributed by atoms with Crippen molar-refractivity contribution >= 4 is 135 Å². The number of benzene rings is 11. The van der Waals surface area contributed by atoms with Gasteiger partial charge >= 0.3 is 0 Å². The Bertz CT molecular complexity index is 3690. The fourth-order valence-corrected chi connectivity index (χ4v) is 9.50. The van der Waals surface area contributed by atoms with Gasteiger partial charge in [-0.15, -0.1) is 0 Å². The third-order valence-electron chi connectivity index (χ3n) is 12.8. The second-order valence-corrected chi connectivity index (χ2v) is 16.6. The van der Waals surface area contributed by atoms with Crippen LogP contribution in [0.1, 0.15) is 0 Å². The summed E-state index contributed by atoms with van der Waals surface area (Å²) in [6.07, 6.45) is 0. The number of hydrogen-bond donors (Lipinski definition) is 0. The SMILES string of the molecule is [B]c1c([B])c(N(c2ccc3cc(-c4ccccc4)ccc3c2)c2ccc3cc(-c4ccccc4)ccc3c2)c([B])c([B])c1-c1ccc2cc3oc4cc5ccccc5cc4c3cc2c1. The summed E-state index contributed by atoms with van der Waals surface area (Å²) in [5.74, 6) is 0. The van der Waals surface area contributed by atoms with Crippen LogP contribution in [-0.2, 0) is 0 Å². The molecule has 0 aliphatic carbocycles. The van der Waals surface area contributed by atoms with Crippen LogP contribution >= 0.6 is 0 Å². The van der Waals surface area contributed by atoms with Crippen LogP contribution in [0.4, 0.5) is 17.1 Å². The van der Waals surface area contributed by atoms with Crippen molar-refractivity contribution in [1.82, 2.24) is 0 Å². The Kier molecular flexibility index (Phi) is 8.91. The summed E-state index contributed by atoms with van der Waals surface area (Å²) < 4.78 is 6.38. The van der Waals surface area contributed by atoms with E-state index in [1.807, 2.05) is 24.3 Å². The number of fused-ring (bicyclic) bond motifs is 7. The van der Waals surface area contributed by atoms with Crippen molar-refractivity contribution < 1.29 is 4.42 Å². The Hall–Kier alpha value is -7.68. The van der Waals surface area contributed by atoms with Crippen molar-refractivity contribution in [2.45, 2.75) is 0 Å². The lowest BCUT2D eigenvalue weighted by molar-refractivity contribution is 0.670. The molecule has 0 aliphatic rings. The van der Waals surface area contributed by atoms with Gasteiger partial charge in [-0.25, -0.2) is 0 Å². The van der Waals surface area contributed by atoms with Crippen LogP contribution in [0, 0.1) is 0 Å². The van der Waals surface area contributed by atoms with Gasteiger partial charge in [0.2, 0.25) is 0 Å². The molecule has 64 heavy (non-hydrogen) atoms. The van der Waals surface area contributed by atoms with Crippen LogP contribution in [0.25, 0.3) is 98.4 Å². The molecule has 0 aliphatic heterocycles. The molecule has 0 saturated carbocycles. The Morgan fingerprint density at radius 1 is 0.297 bits per heavy atom. The minimum absolute atomic E-state index is 0.337. The summed E-state index contributed by atoms with van der Waals surface area (Å²) in [5, 5.41) is 10.8. The van der Waals surface area contributed by atoms with Crippen molar-refractivity contribution in [1.29, 1.82) is 0 Å². The number of rotatable bonds is 6. The maximum Gasteiger partial charge on any atom is 0.136 e. The zero-order valence-electron chi connectivity index (χ0n) is 34.7. The van der Waals surface area contributed by atoms with E-state index in [4.69, 9.17) is 35.8 Å². The third-order valence-corrected chi connectivity index (χ3v) is 12.8. The third kappa shape index (κ3) is 6.32. The smallest absolute Gasteiger partial charge is 0.136 e. The molecule has 8 radical (unpaired) electrons. The van der Waals surface area contributed by atoms with Crippen molar-refractivity contribution in [2.24, 2.45) is 0 Å². The number of hydrogen-bond acceptors (Lipinski definition) is 2. The van der Waals surface area contributed by atoms with Gasteiger partial charge in [0.25, 0.3) is 0 Å². The van der Waals surface area contributed by atoms with E-state index in [2.05, 4.69) is 181 Å². The van der Waals surface area contributed by atoms with E-state index in [9.17, 15) is 0 Å². The molecule has 2 nitrogen and oxygen atoms in total. The Balaban J connectivity index is 1.01. The summed E-state index contributed by atoms with van der Waals surface area (Å²) >= 11 is 0. The molecule has 12 aromatic rings. The minimum atomic E-state index is 0.337. The molecule has 6 heteroatoms. The van der Waals surface area contributed by atoms with Crippen LogP contribution in [-0.4, -0.2) is 31.4 Å². The van der Waals surface area contributed by atoms with Gasteiger partial charge in [0.1, 0.15) is 42.6 Å². The fourth-order valence-electron chi connectivity index (χ4n) is 9.50. The molecular formula is C58H33B4NO. The molecule has 11 aromatic carbocycles. The van der Waals surface area contributed by atoms with Crippen LogP contribution < -0.4 is 26.8 Å². The predicted molar refractivity (Wildman–Crippen MR) is 276 cm³/mol. The first-order valence-corrected chi connectivity index (χ1v) is 21.4. The summed E-state index contributed by atoms with van der Waals surface area (Å²) in [5.41, 5.74) is 11.4. The molecule has 0 unspecified atom stereocenters. The number of furan rings is 1. The molecule has 12 rings (SSSR count). The summed E-state index contributed by atoms with van der Waals surface area (Å²) in [6, 6.07) is 69.8. The number of nitrogens with zero attached hydrogens (tertiary/aromatic N) is 1. The van der Waals surface area contributed by atoms with Gasteiger partial charge in [0, 0.05) is 27.8 Å². The molecule has 0 bridgehead atoms. The Morgan fingerprint density at radius 2 is 0.688 bits per heavy atom. The normalized spacial score (nSPS) is 11.7. The monoisotopic (exact) mass is 803 g/mol. The van der Waals surface area contributed by atoms with Gasteiger partial charge in [-0.1, -0.05) is 155 Å². The van der Waals surface area contributed by atoms with Gasteiger partial charge in [0.05, 0.1) is 0 Å². The van der Waals surface area contributed by atoms with E-state index in [1.165, 1.54) is 0 Å². The van der Waals surface area contributed by atoms with Crippen LogP contribution in [0.2, 0.25) is 0 Å². The van der Waals surface area contributed by atoms with Crippen molar-refractivity contribution in [3.05, 3.63) is 200 Å². The molecular weight excluding hydrogens is 770 g/mol. The summed E-state index contributed by atoms with van der Waals surface area (Å²) in [7, 11) is 28.7. The molecule has 0 atom stereocenters. The highest BCUT2D eigenvalue weighted by atomic mass is 16.3. The van der Waals surface area contributed by atoms with Crippen molar-refractivity contribution in [3.8, 4) is 33.4 Å². The molecule has 0 N–H and O–H groups in total. The van der Waals surface area contributed by atoms with Crippen LogP contribution in [0.3, 0.4) is 0 Å². The molecule has 0 saturated heterocycles. The van der Waals surface area contributed by atoms with Crippen LogP contribution in [0.15, 0.2) is 205 Å². The van der Waals surface area contributed by atoms with E-state index in [0.29, 0.717) is 33.1 Å². The second kappa shape index (κ2) is 15.0. The van der Waals surface area contributed by atoms with Gasteiger partial charge in [-0.2, -0.15) is 0 Å². The summed E-state index contributed by atoms with van der Waals surface area (Å²) in [6.45, 7) is 0. The maximum absolute atomic E-state index is 7.23. The number of anilines is 3. The molecule has 288 valence electrons. The largest absolute Gasteiger partial charge is 0.456 e. The van der Waals surface area contributed by atoms with Gasteiger partial charge < -0.3 is 9.32 Å². The first kappa shape index (κ1) is 38.0. The highest BCUT2D eigenvalue weighted by Gasteiger charge is 2.23. The second-order valence-electron chi connectivity index (χ2n) is 16.6. The highest BCUT2D eigenvalue weighted by Crippen LogP contribution is 2.39. The zero-order chi connectivity index (χ0) is 43.1. The lowest BCUT2D eigenvalue weighted by Gasteiger charge is -2.33. The van der Waals surface area contributed by atoms with Crippen LogP contribution in [0.5, 0.6) is 0 Å². The molecule has 0 fully saturated rings. The summed E-state index contributed by atoms with van der Waals surface area (Å²) in [4.78, 5) is 2.08. The van der Waals surface area contributed by atoms with E-state index in [-0.39, 0.29) is 0 Å². The maximum atomic E-state index is 7.23. The standard InChI is InChI=1S/C58H33B4NO/c59-54-53(45-20-19-44-33-52-50(31-46(44)27-45)49-30-36-13-7-8-14-37(36)32-51(49)64-52)55(60)57(62)58(56(54)61)63(47-23-21-40-25-38(15-17-42(40)28-47)34-9-3-1-4-10-34)48-24-22-41-26-39(16-18-43(41)29-48)35-11-5-2-6-12-35/h1-33H. The average Bonchev–Trinajstić information content (AvgIpc) is 3.68. The predicted octanol–water partition coefficient (Wildman–Crippen LogP) is 11.8. The van der Waals surface area contributed by atoms with Crippen molar-refractivity contribution in [2.75, 3.05) is 4.90 Å². The molecule has 1 heterocycles. The quantitative estimate of drug-likeness (QED) is 0.156. The first-order valence-electron chi connectivity index (χ1n) is 21.4. The molecule has 0 spiro atoms. The van der Waals surface area contributed by atoms with Gasteiger partial charge in [0.15, 0.2) is 0 Å². The molecule has 1 aromatic heterocycles. The average molecular weight is 803 g/mol. The first-order chi connectivity index (χ1) is 31.3. The Morgan fingerprint density at radius 3 is 1.22 bits per heavy atom. The molecule has 0 amide bonds. The lowest BCUT2D eigenvalue weighted by Crippen LogP contribution is -2.46. The van der Waals surface area contributed by atoms with Crippen molar-refractivity contribution in [3.63, 3.8) is 0 Å². The minimum Gasteiger partial charge on any atom is -0.456 e. The van der Waals surface area contributed by atoms with E-state index in [0.717, 1.165) is 104 Å². The van der Waals surface area contributed by atoms with E-state index < -0.39 is 0 Å².